The number of amides is 1. The van der Waals surface area contributed by atoms with E-state index in [-0.39, 0.29) is 5.91 Å². The number of aryl methyl sites for hydroxylation is 1. The summed E-state index contributed by atoms with van der Waals surface area (Å²) in [7, 11) is 0. The molecule has 0 aliphatic rings. The van der Waals surface area contributed by atoms with Crippen molar-refractivity contribution in [2.24, 2.45) is 0 Å². The Morgan fingerprint density at radius 1 is 1.04 bits per heavy atom. The van der Waals surface area contributed by atoms with Gasteiger partial charge in [0.2, 0.25) is 5.91 Å². The molecule has 0 aliphatic heterocycles. The predicted molar refractivity (Wildman–Crippen MR) is 115 cm³/mol. The van der Waals surface area contributed by atoms with Gasteiger partial charge in [0.1, 0.15) is 0 Å². The third kappa shape index (κ3) is 6.59. The van der Waals surface area contributed by atoms with Crippen LogP contribution < -0.4 is 14.8 Å². The zero-order valence-electron chi connectivity index (χ0n) is 17.6. The molecule has 4 nitrogen and oxygen atoms in total. The molecule has 0 atom stereocenters. The van der Waals surface area contributed by atoms with Gasteiger partial charge < -0.3 is 14.8 Å². The number of unbranched alkanes of at least 4 members (excludes halogenated alkanes) is 1. The van der Waals surface area contributed by atoms with E-state index < -0.39 is 0 Å². The molecule has 0 aromatic heterocycles. The van der Waals surface area contributed by atoms with Crippen LogP contribution in [-0.2, 0) is 11.2 Å². The molecule has 0 saturated carbocycles. The number of anilines is 1. The van der Waals surface area contributed by atoms with Crippen molar-refractivity contribution in [2.45, 2.75) is 59.3 Å². The Morgan fingerprint density at radius 3 is 2.54 bits per heavy atom. The van der Waals surface area contributed by atoms with E-state index in [4.69, 9.17) is 9.47 Å². The number of para-hydroxylation sites is 1. The Morgan fingerprint density at radius 2 is 1.82 bits per heavy atom. The molecular formula is C24H33NO3. The Kier molecular flexibility index (Phi) is 8.86. The maximum atomic E-state index is 12.4. The van der Waals surface area contributed by atoms with E-state index in [1.54, 1.807) is 0 Å². The molecule has 0 heterocycles. The quantitative estimate of drug-likeness (QED) is 0.487. The number of carbonyl (C=O) groups excluding carboxylic acids is 1. The van der Waals surface area contributed by atoms with E-state index in [1.807, 2.05) is 43.3 Å². The number of hydrogen-bond acceptors (Lipinski definition) is 3. The van der Waals surface area contributed by atoms with Crippen LogP contribution in [0.2, 0.25) is 0 Å². The van der Waals surface area contributed by atoms with Crippen molar-refractivity contribution in [1.29, 1.82) is 0 Å². The lowest BCUT2D eigenvalue weighted by atomic mass is 10.0. The molecule has 0 fully saturated rings. The first-order chi connectivity index (χ1) is 13.5. The van der Waals surface area contributed by atoms with Gasteiger partial charge in [-0.3, -0.25) is 4.79 Å². The van der Waals surface area contributed by atoms with E-state index in [0.717, 1.165) is 41.2 Å². The lowest BCUT2D eigenvalue weighted by Gasteiger charge is -2.14. The second-order valence-corrected chi connectivity index (χ2v) is 7.21. The molecule has 2 aromatic carbocycles. The summed E-state index contributed by atoms with van der Waals surface area (Å²) in [6.07, 6.45) is 3.20. The zero-order valence-corrected chi connectivity index (χ0v) is 17.6. The van der Waals surface area contributed by atoms with Crippen molar-refractivity contribution in [3.05, 3.63) is 53.6 Å². The van der Waals surface area contributed by atoms with Crippen LogP contribution in [0, 0.1) is 0 Å². The molecule has 4 heteroatoms. The third-order valence-electron chi connectivity index (χ3n) is 4.56. The summed E-state index contributed by atoms with van der Waals surface area (Å²) in [6, 6.07) is 13.9. The van der Waals surface area contributed by atoms with E-state index >= 15 is 0 Å². The van der Waals surface area contributed by atoms with Crippen LogP contribution in [0.1, 0.15) is 64.0 Å². The third-order valence-corrected chi connectivity index (χ3v) is 4.56. The SMILES string of the molecule is CCCCOc1ccc(CCC(=O)Nc2ccccc2C(C)C)cc1OCC. The van der Waals surface area contributed by atoms with Crippen LogP contribution in [0.5, 0.6) is 11.5 Å². The maximum absolute atomic E-state index is 12.4. The molecule has 2 rings (SSSR count). The van der Waals surface area contributed by atoms with Gasteiger partial charge in [0.25, 0.3) is 0 Å². The van der Waals surface area contributed by atoms with E-state index in [2.05, 4.69) is 32.2 Å². The Balaban J connectivity index is 1.98. The monoisotopic (exact) mass is 383 g/mol. The summed E-state index contributed by atoms with van der Waals surface area (Å²) >= 11 is 0. The van der Waals surface area contributed by atoms with Crippen molar-refractivity contribution in [2.75, 3.05) is 18.5 Å². The molecule has 0 spiro atoms. The van der Waals surface area contributed by atoms with Gasteiger partial charge >= 0.3 is 0 Å². The molecule has 2 aromatic rings. The summed E-state index contributed by atoms with van der Waals surface area (Å²) in [4.78, 5) is 12.4. The van der Waals surface area contributed by atoms with Gasteiger partial charge in [-0.05, 0) is 55.0 Å². The number of hydrogen-bond donors (Lipinski definition) is 1. The minimum atomic E-state index is 0.0225. The average molecular weight is 384 g/mol. The number of rotatable bonds is 11. The van der Waals surface area contributed by atoms with Gasteiger partial charge in [-0.15, -0.1) is 0 Å². The highest BCUT2D eigenvalue weighted by molar-refractivity contribution is 5.91. The smallest absolute Gasteiger partial charge is 0.224 e. The molecule has 0 aliphatic carbocycles. The Bertz CT molecular complexity index is 755. The Hall–Kier alpha value is -2.49. The van der Waals surface area contributed by atoms with Crippen LogP contribution in [0.3, 0.4) is 0 Å². The second-order valence-electron chi connectivity index (χ2n) is 7.21. The fourth-order valence-corrected chi connectivity index (χ4v) is 3.01. The first kappa shape index (κ1) is 21.8. The van der Waals surface area contributed by atoms with Gasteiger partial charge in [-0.25, -0.2) is 0 Å². The summed E-state index contributed by atoms with van der Waals surface area (Å²) in [5, 5.41) is 3.05. The first-order valence-corrected chi connectivity index (χ1v) is 10.3. The van der Waals surface area contributed by atoms with E-state index in [0.29, 0.717) is 32.0 Å². The van der Waals surface area contributed by atoms with Gasteiger partial charge in [-0.1, -0.05) is 51.5 Å². The number of carbonyl (C=O) groups is 1. The van der Waals surface area contributed by atoms with E-state index in [9.17, 15) is 4.79 Å². The fourth-order valence-electron chi connectivity index (χ4n) is 3.01. The summed E-state index contributed by atoms with van der Waals surface area (Å²) in [6.45, 7) is 9.63. The number of ether oxygens (including phenoxy) is 2. The van der Waals surface area contributed by atoms with Gasteiger partial charge in [0.05, 0.1) is 13.2 Å². The molecule has 0 saturated heterocycles. The number of benzene rings is 2. The fraction of sp³-hybridized carbons (Fsp3) is 0.458. The lowest BCUT2D eigenvalue weighted by molar-refractivity contribution is -0.116. The minimum Gasteiger partial charge on any atom is -0.490 e. The van der Waals surface area contributed by atoms with Crippen molar-refractivity contribution in [3.8, 4) is 11.5 Å². The Labute approximate surface area is 169 Å². The van der Waals surface area contributed by atoms with E-state index in [1.165, 1.54) is 0 Å². The van der Waals surface area contributed by atoms with Gasteiger partial charge in [0, 0.05) is 12.1 Å². The molecule has 0 unspecified atom stereocenters. The van der Waals surface area contributed by atoms with Crippen molar-refractivity contribution in [1.82, 2.24) is 0 Å². The molecule has 1 amide bonds. The highest BCUT2D eigenvalue weighted by Gasteiger charge is 2.11. The van der Waals surface area contributed by atoms with Crippen molar-refractivity contribution < 1.29 is 14.3 Å². The van der Waals surface area contributed by atoms with Crippen LogP contribution in [0.25, 0.3) is 0 Å². The molecule has 152 valence electrons. The summed E-state index contributed by atoms with van der Waals surface area (Å²) in [5.41, 5.74) is 3.12. The first-order valence-electron chi connectivity index (χ1n) is 10.3. The molecule has 0 radical (unpaired) electrons. The minimum absolute atomic E-state index is 0.0225. The van der Waals surface area contributed by atoms with Crippen LogP contribution in [-0.4, -0.2) is 19.1 Å². The summed E-state index contributed by atoms with van der Waals surface area (Å²) in [5.74, 6) is 1.91. The predicted octanol–water partition coefficient (Wildman–Crippen LogP) is 5.96. The normalized spacial score (nSPS) is 10.8. The molecule has 1 N–H and O–H groups in total. The van der Waals surface area contributed by atoms with Crippen molar-refractivity contribution in [3.63, 3.8) is 0 Å². The van der Waals surface area contributed by atoms with Gasteiger partial charge in [0.15, 0.2) is 11.5 Å². The maximum Gasteiger partial charge on any atom is 0.224 e. The molecule has 0 bridgehead atoms. The number of nitrogens with one attached hydrogen (secondary N) is 1. The molecular weight excluding hydrogens is 350 g/mol. The second kappa shape index (κ2) is 11.4. The standard InChI is InChI=1S/C24H33NO3/c1-5-7-16-28-22-14-12-19(17-23(22)27-6-2)13-15-24(26)25-21-11-9-8-10-20(21)18(3)4/h8-12,14,17-18H,5-7,13,15-16H2,1-4H3,(H,25,26). The molecule has 28 heavy (non-hydrogen) atoms. The summed E-state index contributed by atoms with van der Waals surface area (Å²) < 4.78 is 11.5. The van der Waals surface area contributed by atoms with Crippen LogP contribution >= 0.6 is 0 Å². The van der Waals surface area contributed by atoms with Crippen molar-refractivity contribution >= 4 is 11.6 Å². The van der Waals surface area contributed by atoms with Crippen LogP contribution in [0.4, 0.5) is 5.69 Å². The lowest BCUT2D eigenvalue weighted by Crippen LogP contribution is -2.14. The zero-order chi connectivity index (χ0) is 20.4. The topological polar surface area (TPSA) is 47.6 Å². The van der Waals surface area contributed by atoms with Gasteiger partial charge in [-0.2, -0.15) is 0 Å². The largest absolute Gasteiger partial charge is 0.490 e. The highest BCUT2D eigenvalue weighted by atomic mass is 16.5. The average Bonchev–Trinajstić information content (AvgIpc) is 2.68. The van der Waals surface area contributed by atoms with Crippen LogP contribution in [0.15, 0.2) is 42.5 Å². The highest BCUT2D eigenvalue weighted by Crippen LogP contribution is 2.29.